The Hall–Kier alpha value is -1.13. The smallest absolute Gasteiger partial charge is 0.129 e. The summed E-state index contributed by atoms with van der Waals surface area (Å²) in [6, 6.07) is 12.7. The van der Waals surface area contributed by atoms with E-state index in [1.807, 2.05) is 0 Å². The third-order valence-electron chi connectivity index (χ3n) is 3.90. The molecule has 2 aromatic rings. The van der Waals surface area contributed by atoms with E-state index in [4.69, 9.17) is 4.98 Å². The summed E-state index contributed by atoms with van der Waals surface area (Å²) in [6.45, 7) is 5.62. The number of para-hydroxylation sites is 1. The molecule has 0 saturated carbocycles. The van der Waals surface area contributed by atoms with Gasteiger partial charge in [-0.05, 0) is 31.2 Å². The molecule has 4 heteroatoms. The maximum atomic E-state index is 4.81. The van der Waals surface area contributed by atoms with Crippen LogP contribution in [0.5, 0.6) is 0 Å². The first-order chi connectivity index (χ1) is 9.86. The molecule has 0 atom stereocenters. The number of alkyl halides is 1. The van der Waals surface area contributed by atoms with Crippen LogP contribution >= 0.6 is 15.9 Å². The van der Waals surface area contributed by atoms with Crippen LogP contribution in [0, 0.1) is 0 Å². The fourth-order valence-electron chi connectivity index (χ4n) is 2.77. The van der Waals surface area contributed by atoms with Gasteiger partial charge in [-0.1, -0.05) is 34.1 Å². The van der Waals surface area contributed by atoms with Crippen molar-refractivity contribution in [1.82, 2.24) is 9.88 Å². The van der Waals surface area contributed by atoms with Crippen molar-refractivity contribution >= 4 is 32.7 Å². The van der Waals surface area contributed by atoms with E-state index in [1.165, 1.54) is 18.4 Å². The van der Waals surface area contributed by atoms with Gasteiger partial charge in [0.25, 0.3) is 0 Å². The van der Waals surface area contributed by atoms with Crippen LogP contribution in [0.1, 0.15) is 6.42 Å². The summed E-state index contributed by atoms with van der Waals surface area (Å²) in [7, 11) is 0. The molecule has 1 saturated heterocycles. The number of halogens is 1. The summed E-state index contributed by atoms with van der Waals surface area (Å²) < 4.78 is 0. The maximum absolute atomic E-state index is 4.81. The quantitative estimate of drug-likeness (QED) is 0.804. The minimum absolute atomic E-state index is 1.06. The van der Waals surface area contributed by atoms with E-state index in [0.29, 0.717) is 0 Å². The maximum Gasteiger partial charge on any atom is 0.129 e. The standard InChI is InChI=1S/C16H20BrN3/c17-8-11-19-9-3-10-20(13-12-19)16-7-6-14-4-1-2-5-15(14)18-16/h1-2,4-7H,3,8-13H2. The number of fused-ring (bicyclic) bond motifs is 1. The van der Waals surface area contributed by atoms with Crippen LogP contribution < -0.4 is 4.90 Å². The second-order valence-electron chi connectivity index (χ2n) is 5.23. The van der Waals surface area contributed by atoms with Gasteiger partial charge in [0.2, 0.25) is 0 Å². The number of anilines is 1. The molecule has 0 N–H and O–H groups in total. The summed E-state index contributed by atoms with van der Waals surface area (Å²) >= 11 is 3.53. The Kier molecular flexibility index (Phi) is 4.53. The van der Waals surface area contributed by atoms with Crippen molar-refractivity contribution in [2.75, 3.05) is 43.0 Å². The molecule has 3 nitrogen and oxygen atoms in total. The van der Waals surface area contributed by atoms with Gasteiger partial charge in [0.1, 0.15) is 5.82 Å². The average Bonchev–Trinajstić information content (AvgIpc) is 2.73. The Morgan fingerprint density at radius 1 is 1.00 bits per heavy atom. The Morgan fingerprint density at radius 3 is 2.80 bits per heavy atom. The van der Waals surface area contributed by atoms with E-state index in [-0.39, 0.29) is 0 Å². The zero-order chi connectivity index (χ0) is 13.8. The molecule has 1 aliphatic rings. The van der Waals surface area contributed by atoms with Crippen molar-refractivity contribution in [3.63, 3.8) is 0 Å². The minimum Gasteiger partial charge on any atom is -0.355 e. The van der Waals surface area contributed by atoms with Gasteiger partial charge in [0, 0.05) is 36.9 Å². The number of benzene rings is 1. The van der Waals surface area contributed by atoms with Crippen LogP contribution in [0.25, 0.3) is 10.9 Å². The third kappa shape index (κ3) is 3.13. The van der Waals surface area contributed by atoms with E-state index >= 15 is 0 Å². The highest BCUT2D eigenvalue weighted by Gasteiger charge is 2.15. The number of hydrogen-bond donors (Lipinski definition) is 0. The van der Waals surface area contributed by atoms with Crippen molar-refractivity contribution in [2.45, 2.75) is 6.42 Å². The SMILES string of the molecule is BrCCN1CCCN(c2ccc3ccccc3n2)CC1. The van der Waals surface area contributed by atoms with E-state index in [9.17, 15) is 0 Å². The van der Waals surface area contributed by atoms with E-state index in [1.54, 1.807) is 0 Å². The second kappa shape index (κ2) is 6.55. The number of aromatic nitrogens is 1. The summed E-state index contributed by atoms with van der Waals surface area (Å²) in [6.07, 6.45) is 1.21. The molecule has 0 unspecified atom stereocenters. The molecule has 1 aliphatic heterocycles. The van der Waals surface area contributed by atoms with Gasteiger partial charge < -0.3 is 9.80 Å². The van der Waals surface area contributed by atoms with Crippen LogP contribution in [0.2, 0.25) is 0 Å². The molecule has 0 bridgehead atoms. The summed E-state index contributed by atoms with van der Waals surface area (Å²) in [5.74, 6) is 1.12. The minimum atomic E-state index is 1.06. The number of nitrogens with zero attached hydrogens (tertiary/aromatic N) is 3. The van der Waals surface area contributed by atoms with Crippen molar-refractivity contribution < 1.29 is 0 Å². The molecule has 106 valence electrons. The molecule has 1 aromatic heterocycles. The Morgan fingerprint density at radius 2 is 1.90 bits per heavy atom. The number of rotatable bonds is 3. The van der Waals surface area contributed by atoms with E-state index in [0.717, 1.165) is 42.8 Å². The van der Waals surface area contributed by atoms with Gasteiger partial charge in [-0.3, -0.25) is 0 Å². The van der Waals surface area contributed by atoms with Gasteiger partial charge in [0.05, 0.1) is 5.52 Å². The first kappa shape index (κ1) is 13.8. The zero-order valence-electron chi connectivity index (χ0n) is 11.6. The van der Waals surface area contributed by atoms with Crippen LogP contribution in [0.15, 0.2) is 36.4 Å². The lowest BCUT2D eigenvalue weighted by atomic mass is 10.2. The normalized spacial score (nSPS) is 17.4. The Labute approximate surface area is 128 Å². The van der Waals surface area contributed by atoms with Crippen LogP contribution in [0.3, 0.4) is 0 Å². The second-order valence-corrected chi connectivity index (χ2v) is 6.03. The summed E-state index contributed by atoms with van der Waals surface area (Å²) in [5, 5.41) is 2.27. The van der Waals surface area contributed by atoms with Gasteiger partial charge >= 0.3 is 0 Å². The monoisotopic (exact) mass is 333 g/mol. The highest BCUT2D eigenvalue weighted by Crippen LogP contribution is 2.19. The lowest BCUT2D eigenvalue weighted by Crippen LogP contribution is -2.32. The van der Waals surface area contributed by atoms with Crippen molar-refractivity contribution in [3.8, 4) is 0 Å². The van der Waals surface area contributed by atoms with Gasteiger partial charge in [-0.15, -0.1) is 0 Å². The molecule has 0 amide bonds. The molecule has 3 rings (SSSR count). The van der Waals surface area contributed by atoms with Crippen LogP contribution in [-0.2, 0) is 0 Å². The number of pyridine rings is 1. The molecular weight excluding hydrogens is 314 g/mol. The lowest BCUT2D eigenvalue weighted by molar-refractivity contribution is 0.313. The molecule has 0 radical (unpaired) electrons. The number of hydrogen-bond acceptors (Lipinski definition) is 3. The fourth-order valence-corrected chi connectivity index (χ4v) is 3.28. The largest absolute Gasteiger partial charge is 0.355 e. The average molecular weight is 334 g/mol. The predicted octanol–water partition coefficient (Wildman–Crippen LogP) is 3.14. The van der Waals surface area contributed by atoms with Gasteiger partial charge in [-0.25, -0.2) is 4.98 Å². The van der Waals surface area contributed by atoms with Crippen molar-refractivity contribution in [3.05, 3.63) is 36.4 Å². The molecule has 0 spiro atoms. The third-order valence-corrected chi connectivity index (χ3v) is 4.25. The van der Waals surface area contributed by atoms with Gasteiger partial charge in [-0.2, -0.15) is 0 Å². The Bertz CT molecular complexity index is 572. The van der Waals surface area contributed by atoms with Gasteiger partial charge in [0.15, 0.2) is 0 Å². The first-order valence-corrected chi connectivity index (χ1v) is 8.38. The lowest BCUT2D eigenvalue weighted by Gasteiger charge is -2.22. The first-order valence-electron chi connectivity index (χ1n) is 7.26. The predicted molar refractivity (Wildman–Crippen MR) is 88.8 cm³/mol. The highest BCUT2D eigenvalue weighted by molar-refractivity contribution is 9.09. The summed E-state index contributed by atoms with van der Waals surface area (Å²) in [5.41, 5.74) is 1.09. The summed E-state index contributed by atoms with van der Waals surface area (Å²) in [4.78, 5) is 9.75. The molecule has 1 aromatic carbocycles. The molecule has 20 heavy (non-hydrogen) atoms. The van der Waals surface area contributed by atoms with Crippen molar-refractivity contribution in [2.24, 2.45) is 0 Å². The topological polar surface area (TPSA) is 19.4 Å². The fraction of sp³-hybridized carbons (Fsp3) is 0.438. The highest BCUT2D eigenvalue weighted by atomic mass is 79.9. The molecule has 1 fully saturated rings. The molecular formula is C16H20BrN3. The van der Waals surface area contributed by atoms with Crippen molar-refractivity contribution in [1.29, 1.82) is 0 Å². The van der Waals surface area contributed by atoms with Crippen LogP contribution in [-0.4, -0.2) is 47.9 Å². The molecule has 2 heterocycles. The van der Waals surface area contributed by atoms with E-state index in [2.05, 4.69) is 62.1 Å². The molecule has 0 aliphatic carbocycles. The Balaban J connectivity index is 1.77. The van der Waals surface area contributed by atoms with E-state index < -0.39 is 0 Å². The van der Waals surface area contributed by atoms with Crippen LogP contribution in [0.4, 0.5) is 5.82 Å². The zero-order valence-corrected chi connectivity index (χ0v) is 13.2.